The minimum atomic E-state index is -0.681. The zero-order valence-corrected chi connectivity index (χ0v) is 12.6. The monoisotopic (exact) mass is 299 g/mol. The van der Waals surface area contributed by atoms with Gasteiger partial charge in [0, 0.05) is 18.5 Å². The van der Waals surface area contributed by atoms with Gasteiger partial charge in [0.05, 0.1) is 5.92 Å². The highest BCUT2D eigenvalue weighted by Gasteiger charge is 2.24. The Morgan fingerprint density at radius 1 is 1.23 bits per heavy atom. The molecule has 2 aromatic carbocycles. The maximum atomic E-state index is 11.1. The summed E-state index contributed by atoms with van der Waals surface area (Å²) in [6.07, 6.45) is 1.74. The summed E-state index contributed by atoms with van der Waals surface area (Å²) < 4.78 is 5.93. The first kappa shape index (κ1) is 14.9. The maximum absolute atomic E-state index is 11.1. The summed E-state index contributed by atoms with van der Waals surface area (Å²) in [4.78, 5) is 13.3. The Balaban J connectivity index is 1.57. The summed E-state index contributed by atoms with van der Waals surface area (Å²) in [5, 5.41) is 11.4. The van der Waals surface area contributed by atoms with Crippen LogP contribution < -0.4 is 4.74 Å². The van der Waals surface area contributed by atoms with Gasteiger partial charge >= 0.3 is 5.97 Å². The summed E-state index contributed by atoms with van der Waals surface area (Å²) in [6.45, 7) is 2.95. The number of hydrogen-bond donors (Lipinski definition) is 1. The summed E-state index contributed by atoms with van der Waals surface area (Å²) in [6, 6.07) is 14.2. The highest BCUT2D eigenvalue weighted by Crippen LogP contribution is 2.25. The van der Waals surface area contributed by atoms with Gasteiger partial charge in [-0.25, -0.2) is 0 Å². The minimum Gasteiger partial charge on any atom is -0.492 e. The van der Waals surface area contributed by atoms with Gasteiger partial charge in [0.2, 0.25) is 0 Å². The standard InChI is InChI=1S/C18H21NO3/c20-18(21)15-7-4-10-19(13-15)11-12-22-17-9-3-6-14-5-1-2-8-16(14)17/h1-3,5-6,8-9,15H,4,7,10-13H2,(H,20,21). The molecule has 4 nitrogen and oxygen atoms in total. The average molecular weight is 299 g/mol. The third-order valence-corrected chi connectivity index (χ3v) is 4.27. The summed E-state index contributed by atoms with van der Waals surface area (Å²) in [5.74, 6) is -0.0177. The minimum absolute atomic E-state index is 0.230. The predicted molar refractivity (Wildman–Crippen MR) is 86.2 cm³/mol. The van der Waals surface area contributed by atoms with Crippen LogP contribution in [0.1, 0.15) is 12.8 Å². The normalized spacial score (nSPS) is 19.2. The first-order valence-electron chi connectivity index (χ1n) is 7.80. The van der Waals surface area contributed by atoms with Crippen LogP contribution in [0.25, 0.3) is 10.8 Å². The Labute approximate surface area is 130 Å². The fourth-order valence-electron chi connectivity index (χ4n) is 3.07. The predicted octanol–water partition coefficient (Wildman–Crippen LogP) is 3.02. The zero-order chi connectivity index (χ0) is 15.4. The second kappa shape index (κ2) is 6.79. The Hall–Kier alpha value is -2.07. The molecule has 1 atom stereocenters. The van der Waals surface area contributed by atoms with Crippen molar-refractivity contribution >= 4 is 16.7 Å². The number of benzene rings is 2. The van der Waals surface area contributed by atoms with Crippen LogP contribution in [-0.4, -0.2) is 42.2 Å². The van der Waals surface area contributed by atoms with Crippen LogP contribution in [0.4, 0.5) is 0 Å². The molecule has 1 fully saturated rings. The molecule has 2 aromatic rings. The molecule has 0 bridgehead atoms. The average Bonchev–Trinajstić information content (AvgIpc) is 2.55. The van der Waals surface area contributed by atoms with Crippen molar-refractivity contribution in [2.45, 2.75) is 12.8 Å². The van der Waals surface area contributed by atoms with Gasteiger partial charge in [0.15, 0.2) is 0 Å². The van der Waals surface area contributed by atoms with E-state index in [4.69, 9.17) is 9.84 Å². The molecule has 0 aliphatic carbocycles. The lowest BCUT2D eigenvalue weighted by Crippen LogP contribution is -2.40. The van der Waals surface area contributed by atoms with Crippen molar-refractivity contribution in [1.29, 1.82) is 0 Å². The van der Waals surface area contributed by atoms with E-state index in [0.29, 0.717) is 13.2 Å². The molecule has 0 aromatic heterocycles. The van der Waals surface area contributed by atoms with E-state index in [2.05, 4.69) is 23.1 Å². The van der Waals surface area contributed by atoms with Crippen molar-refractivity contribution in [3.63, 3.8) is 0 Å². The molecule has 1 unspecified atom stereocenters. The van der Waals surface area contributed by atoms with Crippen LogP contribution in [0.15, 0.2) is 42.5 Å². The second-order valence-electron chi connectivity index (χ2n) is 5.80. The fourth-order valence-corrected chi connectivity index (χ4v) is 3.07. The Morgan fingerprint density at radius 3 is 2.91 bits per heavy atom. The van der Waals surface area contributed by atoms with Gasteiger partial charge in [-0.05, 0) is 30.8 Å². The van der Waals surface area contributed by atoms with Crippen LogP contribution in [0.3, 0.4) is 0 Å². The lowest BCUT2D eigenvalue weighted by atomic mass is 9.98. The number of carbonyl (C=O) groups is 1. The summed E-state index contributed by atoms with van der Waals surface area (Å²) in [7, 11) is 0. The molecule has 1 saturated heterocycles. The van der Waals surface area contributed by atoms with Gasteiger partial charge in [-0.15, -0.1) is 0 Å². The van der Waals surface area contributed by atoms with E-state index in [1.54, 1.807) is 0 Å². The quantitative estimate of drug-likeness (QED) is 0.922. The van der Waals surface area contributed by atoms with Gasteiger partial charge in [-0.3, -0.25) is 9.69 Å². The highest BCUT2D eigenvalue weighted by atomic mass is 16.5. The van der Waals surface area contributed by atoms with Crippen LogP contribution in [-0.2, 0) is 4.79 Å². The van der Waals surface area contributed by atoms with Crippen LogP contribution in [0.5, 0.6) is 5.75 Å². The topological polar surface area (TPSA) is 49.8 Å². The van der Waals surface area contributed by atoms with Crippen molar-refractivity contribution in [2.75, 3.05) is 26.2 Å². The third kappa shape index (κ3) is 3.39. The second-order valence-corrected chi connectivity index (χ2v) is 5.80. The van der Waals surface area contributed by atoms with E-state index >= 15 is 0 Å². The van der Waals surface area contributed by atoms with Crippen molar-refractivity contribution < 1.29 is 14.6 Å². The lowest BCUT2D eigenvalue weighted by molar-refractivity contribution is -0.143. The molecular weight excluding hydrogens is 278 g/mol. The summed E-state index contributed by atoms with van der Waals surface area (Å²) >= 11 is 0. The number of carboxylic acid groups (broad SMARTS) is 1. The first-order valence-corrected chi connectivity index (χ1v) is 7.80. The van der Waals surface area contributed by atoms with E-state index in [9.17, 15) is 4.79 Å². The van der Waals surface area contributed by atoms with Gasteiger partial charge in [-0.1, -0.05) is 36.4 Å². The molecule has 1 N–H and O–H groups in total. The van der Waals surface area contributed by atoms with Crippen LogP contribution in [0.2, 0.25) is 0 Å². The number of fused-ring (bicyclic) bond motifs is 1. The van der Waals surface area contributed by atoms with Crippen LogP contribution >= 0.6 is 0 Å². The van der Waals surface area contributed by atoms with Crippen molar-refractivity contribution in [3.8, 4) is 5.75 Å². The van der Waals surface area contributed by atoms with E-state index in [-0.39, 0.29) is 5.92 Å². The van der Waals surface area contributed by atoms with Gasteiger partial charge < -0.3 is 9.84 Å². The number of aliphatic carboxylic acids is 1. The van der Waals surface area contributed by atoms with Crippen molar-refractivity contribution in [3.05, 3.63) is 42.5 Å². The molecule has 0 saturated carbocycles. The Morgan fingerprint density at radius 2 is 2.05 bits per heavy atom. The van der Waals surface area contributed by atoms with E-state index in [1.165, 1.54) is 5.39 Å². The number of hydrogen-bond acceptors (Lipinski definition) is 3. The molecule has 0 radical (unpaired) electrons. The molecule has 1 aliphatic heterocycles. The number of ether oxygens (including phenoxy) is 1. The largest absolute Gasteiger partial charge is 0.492 e. The molecule has 22 heavy (non-hydrogen) atoms. The van der Waals surface area contributed by atoms with E-state index in [0.717, 1.165) is 37.1 Å². The van der Waals surface area contributed by atoms with Crippen molar-refractivity contribution in [1.82, 2.24) is 4.90 Å². The fraction of sp³-hybridized carbons (Fsp3) is 0.389. The Kier molecular flexibility index (Phi) is 4.59. The Bertz CT molecular complexity index is 650. The lowest BCUT2D eigenvalue weighted by Gasteiger charge is -2.30. The molecule has 4 heteroatoms. The van der Waals surface area contributed by atoms with Gasteiger partial charge in [0.25, 0.3) is 0 Å². The van der Waals surface area contributed by atoms with Gasteiger partial charge in [0.1, 0.15) is 12.4 Å². The number of nitrogens with zero attached hydrogens (tertiary/aromatic N) is 1. The molecule has 1 aliphatic rings. The SMILES string of the molecule is O=C(O)C1CCCN(CCOc2cccc3ccccc23)C1. The van der Waals surface area contributed by atoms with Crippen molar-refractivity contribution in [2.24, 2.45) is 5.92 Å². The summed E-state index contributed by atoms with van der Waals surface area (Å²) in [5.41, 5.74) is 0. The number of carboxylic acids is 1. The highest BCUT2D eigenvalue weighted by molar-refractivity contribution is 5.88. The number of rotatable bonds is 5. The first-order chi connectivity index (χ1) is 10.7. The maximum Gasteiger partial charge on any atom is 0.307 e. The molecular formula is C18H21NO3. The van der Waals surface area contributed by atoms with Crippen LogP contribution in [0, 0.1) is 5.92 Å². The van der Waals surface area contributed by atoms with Gasteiger partial charge in [-0.2, -0.15) is 0 Å². The molecule has 1 heterocycles. The zero-order valence-electron chi connectivity index (χ0n) is 12.6. The third-order valence-electron chi connectivity index (χ3n) is 4.27. The molecule has 116 valence electrons. The van der Waals surface area contributed by atoms with E-state index < -0.39 is 5.97 Å². The smallest absolute Gasteiger partial charge is 0.307 e. The van der Waals surface area contributed by atoms with E-state index in [1.807, 2.05) is 24.3 Å². The molecule has 0 spiro atoms. The number of likely N-dealkylation sites (tertiary alicyclic amines) is 1. The number of piperidine rings is 1. The molecule has 3 rings (SSSR count). The molecule has 0 amide bonds.